The summed E-state index contributed by atoms with van der Waals surface area (Å²) in [4.78, 5) is 5.44. The number of hydrogen-bond acceptors (Lipinski definition) is 2. The molecule has 0 N–H and O–H groups in total. The highest BCUT2D eigenvalue weighted by molar-refractivity contribution is 7.15. The third kappa shape index (κ3) is 2.50. The Balaban J connectivity index is 2.32. The van der Waals surface area contributed by atoms with Gasteiger partial charge in [-0.25, -0.2) is 4.98 Å². The van der Waals surface area contributed by atoms with Crippen molar-refractivity contribution in [2.24, 2.45) is 0 Å². The maximum absolute atomic E-state index is 4.41. The molecule has 2 rings (SSSR count). The molecule has 0 saturated carbocycles. The van der Waals surface area contributed by atoms with E-state index < -0.39 is 0 Å². The van der Waals surface area contributed by atoms with E-state index in [1.54, 1.807) is 11.3 Å². The Hall–Kier alpha value is -1.15. The zero-order valence-electron chi connectivity index (χ0n) is 9.57. The number of aryl methyl sites for hydroxylation is 1. The molecule has 0 aliphatic rings. The molecule has 0 bridgehead atoms. The fraction of sp³-hybridized carbons (Fsp3) is 0.286. The Kier molecular flexibility index (Phi) is 3.73. The van der Waals surface area contributed by atoms with Crippen LogP contribution in [0.1, 0.15) is 30.2 Å². The summed E-state index contributed by atoms with van der Waals surface area (Å²) in [7, 11) is 0. The van der Waals surface area contributed by atoms with E-state index in [-0.39, 0.29) is 0 Å². The zero-order chi connectivity index (χ0) is 11.4. The first-order chi connectivity index (χ1) is 7.81. The van der Waals surface area contributed by atoms with Gasteiger partial charge in [-0.2, -0.15) is 0 Å². The van der Waals surface area contributed by atoms with Crippen molar-refractivity contribution < 1.29 is 0 Å². The normalized spacial score (nSPS) is 10.6. The van der Waals surface area contributed by atoms with Crippen LogP contribution >= 0.6 is 11.3 Å². The summed E-state index contributed by atoms with van der Waals surface area (Å²) in [6.07, 6.45) is 5.45. The van der Waals surface area contributed by atoms with E-state index >= 15 is 0 Å². The first-order valence-electron chi connectivity index (χ1n) is 5.67. The fourth-order valence-electron chi connectivity index (χ4n) is 1.75. The first-order valence-corrected chi connectivity index (χ1v) is 6.49. The number of aromatic nitrogens is 1. The second-order valence-electron chi connectivity index (χ2n) is 3.89. The largest absolute Gasteiger partial charge is 0.244 e. The minimum Gasteiger partial charge on any atom is -0.244 e. The average molecular weight is 230 g/mol. The minimum atomic E-state index is 1.03. The SMILES string of the molecule is [CH2]c1cnc(-c2ccccc2CCCC)s1. The van der Waals surface area contributed by atoms with Crippen LogP contribution in [0.5, 0.6) is 0 Å². The summed E-state index contributed by atoms with van der Waals surface area (Å²) in [6, 6.07) is 8.54. The number of unbranched alkanes of at least 4 members (excludes halogenated alkanes) is 1. The van der Waals surface area contributed by atoms with Crippen molar-refractivity contribution in [1.29, 1.82) is 0 Å². The Morgan fingerprint density at radius 1 is 1.31 bits per heavy atom. The van der Waals surface area contributed by atoms with Crippen LogP contribution in [0.4, 0.5) is 0 Å². The van der Waals surface area contributed by atoms with Crippen LogP contribution in [0.25, 0.3) is 10.6 Å². The summed E-state index contributed by atoms with van der Waals surface area (Å²) in [5, 5.41) is 1.09. The molecule has 0 amide bonds. The van der Waals surface area contributed by atoms with Crippen LogP contribution in [0.2, 0.25) is 0 Å². The number of hydrogen-bond donors (Lipinski definition) is 0. The fourth-order valence-corrected chi connectivity index (χ4v) is 2.51. The van der Waals surface area contributed by atoms with Crippen molar-refractivity contribution in [1.82, 2.24) is 4.98 Å². The number of benzene rings is 1. The third-order valence-corrected chi connectivity index (χ3v) is 3.49. The lowest BCUT2D eigenvalue weighted by Crippen LogP contribution is -1.89. The van der Waals surface area contributed by atoms with E-state index in [1.807, 2.05) is 6.20 Å². The van der Waals surface area contributed by atoms with Crippen LogP contribution in [0.15, 0.2) is 30.5 Å². The lowest BCUT2D eigenvalue weighted by Gasteiger charge is -2.05. The highest BCUT2D eigenvalue weighted by Crippen LogP contribution is 2.28. The molecule has 2 aromatic rings. The Labute approximate surface area is 101 Å². The van der Waals surface area contributed by atoms with Crippen LogP contribution in [0.3, 0.4) is 0 Å². The van der Waals surface area contributed by atoms with E-state index in [0.29, 0.717) is 0 Å². The van der Waals surface area contributed by atoms with E-state index in [1.165, 1.54) is 24.0 Å². The molecular formula is C14H16NS. The van der Waals surface area contributed by atoms with E-state index in [9.17, 15) is 0 Å². The smallest absolute Gasteiger partial charge is 0.123 e. The lowest BCUT2D eigenvalue weighted by atomic mass is 10.0. The maximum Gasteiger partial charge on any atom is 0.123 e. The predicted octanol–water partition coefficient (Wildman–Crippen LogP) is 4.33. The van der Waals surface area contributed by atoms with Gasteiger partial charge < -0.3 is 0 Å². The molecule has 1 aromatic carbocycles. The standard InChI is InChI=1S/C14H16NS/c1-3-4-7-12-8-5-6-9-13(12)14-15-10-11(2)16-14/h5-6,8-10H,2-4,7H2,1H3. The molecule has 0 aliphatic heterocycles. The molecule has 1 radical (unpaired) electrons. The predicted molar refractivity (Wildman–Crippen MR) is 70.6 cm³/mol. The molecular weight excluding hydrogens is 214 g/mol. The highest BCUT2D eigenvalue weighted by atomic mass is 32.1. The highest BCUT2D eigenvalue weighted by Gasteiger charge is 2.07. The van der Waals surface area contributed by atoms with Crippen molar-refractivity contribution in [3.63, 3.8) is 0 Å². The molecule has 0 fully saturated rings. The van der Waals surface area contributed by atoms with Gasteiger partial charge in [0.05, 0.1) is 0 Å². The molecule has 1 nitrogen and oxygen atoms in total. The number of rotatable bonds is 4. The molecule has 0 atom stereocenters. The van der Waals surface area contributed by atoms with Crippen molar-refractivity contribution in [2.75, 3.05) is 0 Å². The second kappa shape index (κ2) is 5.26. The lowest BCUT2D eigenvalue weighted by molar-refractivity contribution is 0.796. The van der Waals surface area contributed by atoms with Crippen LogP contribution in [-0.4, -0.2) is 4.98 Å². The van der Waals surface area contributed by atoms with Crippen molar-refractivity contribution >= 4 is 11.3 Å². The summed E-state index contributed by atoms with van der Waals surface area (Å²) < 4.78 is 0. The third-order valence-electron chi connectivity index (χ3n) is 2.60. The summed E-state index contributed by atoms with van der Waals surface area (Å²) in [5.74, 6) is 0. The van der Waals surface area contributed by atoms with Crippen LogP contribution in [-0.2, 0) is 6.42 Å². The maximum atomic E-state index is 4.41. The molecule has 0 aliphatic carbocycles. The Bertz CT molecular complexity index is 459. The second-order valence-corrected chi connectivity index (χ2v) is 5.01. The van der Waals surface area contributed by atoms with Gasteiger partial charge in [0.2, 0.25) is 0 Å². The van der Waals surface area contributed by atoms with E-state index in [0.717, 1.165) is 16.3 Å². The molecule has 0 saturated heterocycles. The van der Waals surface area contributed by atoms with Gasteiger partial charge >= 0.3 is 0 Å². The molecule has 0 unspecified atom stereocenters. The van der Waals surface area contributed by atoms with Crippen molar-refractivity contribution in [3.05, 3.63) is 47.8 Å². The Morgan fingerprint density at radius 3 is 2.81 bits per heavy atom. The molecule has 0 spiro atoms. The zero-order valence-corrected chi connectivity index (χ0v) is 10.4. The minimum absolute atomic E-state index is 1.03. The van der Waals surface area contributed by atoms with E-state index in [2.05, 4.69) is 43.1 Å². The first kappa shape index (κ1) is 11.3. The van der Waals surface area contributed by atoms with Gasteiger partial charge in [-0.05, 0) is 25.3 Å². The van der Waals surface area contributed by atoms with Gasteiger partial charge in [-0.15, -0.1) is 11.3 Å². The Morgan fingerprint density at radius 2 is 2.12 bits per heavy atom. The molecule has 1 heterocycles. The summed E-state index contributed by atoms with van der Waals surface area (Å²) in [5.41, 5.74) is 2.68. The number of thiazole rings is 1. The van der Waals surface area contributed by atoms with Gasteiger partial charge in [-0.3, -0.25) is 0 Å². The van der Waals surface area contributed by atoms with Gasteiger partial charge in [0.1, 0.15) is 5.01 Å². The van der Waals surface area contributed by atoms with Gasteiger partial charge in [0.15, 0.2) is 0 Å². The molecule has 1 aromatic heterocycles. The summed E-state index contributed by atoms with van der Waals surface area (Å²) in [6.45, 7) is 6.14. The van der Waals surface area contributed by atoms with Gasteiger partial charge in [0, 0.05) is 16.6 Å². The summed E-state index contributed by atoms with van der Waals surface area (Å²) >= 11 is 1.67. The van der Waals surface area contributed by atoms with Gasteiger partial charge in [-0.1, -0.05) is 37.6 Å². The molecule has 83 valence electrons. The number of nitrogens with zero attached hydrogens (tertiary/aromatic N) is 1. The van der Waals surface area contributed by atoms with Crippen LogP contribution < -0.4 is 0 Å². The van der Waals surface area contributed by atoms with E-state index in [4.69, 9.17) is 0 Å². The monoisotopic (exact) mass is 230 g/mol. The average Bonchev–Trinajstić information content (AvgIpc) is 2.73. The topological polar surface area (TPSA) is 12.9 Å². The van der Waals surface area contributed by atoms with Crippen molar-refractivity contribution in [2.45, 2.75) is 26.2 Å². The van der Waals surface area contributed by atoms with Crippen LogP contribution in [0, 0.1) is 6.92 Å². The quantitative estimate of drug-likeness (QED) is 0.761. The molecule has 2 heteroatoms. The van der Waals surface area contributed by atoms with Crippen molar-refractivity contribution in [3.8, 4) is 10.6 Å². The van der Waals surface area contributed by atoms with Gasteiger partial charge in [0.25, 0.3) is 0 Å². The molecule has 16 heavy (non-hydrogen) atoms.